The van der Waals surface area contributed by atoms with E-state index in [-0.39, 0.29) is 46.5 Å². The predicted molar refractivity (Wildman–Crippen MR) is 122 cm³/mol. The molecule has 1 aliphatic carbocycles. The highest BCUT2D eigenvalue weighted by Gasteiger charge is 2.42. The SMILES string of the molecule is COc1ccc(N2C(N)=C(C#N)C(c3ccc(O)c(OC)c3)C3=C2CCCC3=O)c([N+](=O)[O-])c1. The fraction of sp³-hybridized carbons (Fsp3) is 0.250. The number of hydrogen-bond acceptors (Lipinski definition) is 9. The van der Waals surface area contributed by atoms with Crippen molar-refractivity contribution < 1.29 is 24.3 Å². The Morgan fingerprint density at radius 3 is 2.62 bits per heavy atom. The summed E-state index contributed by atoms with van der Waals surface area (Å²) < 4.78 is 10.3. The first kappa shape index (κ1) is 22.7. The van der Waals surface area contributed by atoms with Gasteiger partial charge in [-0.05, 0) is 42.7 Å². The molecule has 0 spiro atoms. The summed E-state index contributed by atoms with van der Waals surface area (Å²) in [5.41, 5.74) is 7.85. The van der Waals surface area contributed by atoms with E-state index >= 15 is 0 Å². The molecule has 0 aromatic heterocycles. The van der Waals surface area contributed by atoms with Gasteiger partial charge in [0, 0.05) is 17.7 Å². The normalized spacial score (nSPS) is 17.9. The van der Waals surface area contributed by atoms with Crippen molar-refractivity contribution >= 4 is 17.2 Å². The second kappa shape index (κ2) is 8.78. The number of ether oxygens (including phenoxy) is 2. The maximum Gasteiger partial charge on any atom is 0.296 e. The van der Waals surface area contributed by atoms with E-state index in [1.807, 2.05) is 0 Å². The van der Waals surface area contributed by atoms with Gasteiger partial charge in [0.25, 0.3) is 5.69 Å². The van der Waals surface area contributed by atoms with Gasteiger partial charge in [0.05, 0.1) is 42.8 Å². The van der Waals surface area contributed by atoms with Gasteiger partial charge >= 0.3 is 0 Å². The third kappa shape index (κ3) is 3.57. The lowest BCUT2D eigenvalue weighted by molar-refractivity contribution is -0.384. The highest BCUT2D eigenvalue weighted by atomic mass is 16.6. The van der Waals surface area contributed by atoms with E-state index in [1.54, 1.807) is 18.2 Å². The van der Waals surface area contributed by atoms with Crippen LogP contribution < -0.4 is 20.1 Å². The van der Waals surface area contributed by atoms with Crippen molar-refractivity contribution in [3.63, 3.8) is 0 Å². The predicted octanol–water partition coefficient (Wildman–Crippen LogP) is 3.62. The molecule has 1 atom stereocenters. The maximum atomic E-state index is 13.2. The summed E-state index contributed by atoms with van der Waals surface area (Å²) in [5.74, 6) is -0.570. The number of allylic oxidation sites excluding steroid dienone is 3. The molecule has 1 heterocycles. The van der Waals surface area contributed by atoms with Crippen LogP contribution in [-0.2, 0) is 4.79 Å². The molecule has 3 N–H and O–H groups in total. The van der Waals surface area contributed by atoms with E-state index in [0.29, 0.717) is 35.4 Å². The van der Waals surface area contributed by atoms with Crippen LogP contribution >= 0.6 is 0 Å². The number of nitriles is 1. The summed E-state index contributed by atoms with van der Waals surface area (Å²) >= 11 is 0. The van der Waals surface area contributed by atoms with Gasteiger partial charge < -0.3 is 20.3 Å². The molecule has 34 heavy (non-hydrogen) atoms. The number of rotatable bonds is 5. The first-order chi connectivity index (χ1) is 16.3. The van der Waals surface area contributed by atoms with Gasteiger partial charge in [-0.1, -0.05) is 6.07 Å². The molecule has 0 amide bonds. The van der Waals surface area contributed by atoms with E-state index < -0.39 is 10.8 Å². The third-order valence-corrected chi connectivity index (χ3v) is 6.07. The number of nitrogens with zero attached hydrogens (tertiary/aromatic N) is 3. The number of Topliss-reactive ketones (excluding diaryl/α,β-unsaturated/α-hetero) is 1. The zero-order chi connectivity index (χ0) is 24.6. The monoisotopic (exact) mass is 462 g/mol. The number of nitrogens with two attached hydrogens (primary N) is 1. The standard InChI is InChI=1S/C24H22N4O6/c1-33-14-7-8-16(18(11-14)28(31)32)27-17-4-3-5-20(30)23(17)22(15(12-25)24(27)26)13-6-9-19(29)21(10-13)34-2/h6-11,22,29H,3-5,26H2,1-2H3. The molecule has 174 valence electrons. The lowest BCUT2D eigenvalue weighted by Crippen LogP contribution is -2.39. The van der Waals surface area contributed by atoms with Crippen LogP contribution in [0.2, 0.25) is 0 Å². The van der Waals surface area contributed by atoms with E-state index in [1.165, 1.54) is 37.3 Å². The largest absolute Gasteiger partial charge is 0.504 e. The van der Waals surface area contributed by atoms with Crippen LogP contribution in [0, 0.1) is 21.4 Å². The molecule has 10 heteroatoms. The third-order valence-electron chi connectivity index (χ3n) is 6.07. The van der Waals surface area contributed by atoms with Crippen LogP contribution in [0.25, 0.3) is 0 Å². The first-order valence-electron chi connectivity index (χ1n) is 10.5. The van der Waals surface area contributed by atoms with Crippen LogP contribution in [0.1, 0.15) is 30.7 Å². The fourth-order valence-electron chi connectivity index (χ4n) is 4.53. The summed E-state index contributed by atoms with van der Waals surface area (Å²) in [7, 11) is 2.80. The smallest absolute Gasteiger partial charge is 0.296 e. The molecule has 0 radical (unpaired) electrons. The molecular weight excluding hydrogens is 440 g/mol. The summed E-state index contributed by atoms with van der Waals surface area (Å²) in [5, 5.41) is 32.0. The molecule has 0 saturated heterocycles. The minimum absolute atomic E-state index is 0.00117. The second-order valence-corrected chi connectivity index (χ2v) is 7.86. The average molecular weight is 462 g/mol. The van der Waals surface area contributed by atoms with Gasteiger partial charge in [0.1, 0.15) is 17.3 Å². The first-order valence-corrected chi connectivity index (χ1v) is 10.5. The number of carbonyl (C=O) groups excluding carboxylic acids is 1. The molecule has 2 aliphatic rings. The summed E-state index contributed by atoms with van der Waals surface area (Å²) in [6.07, 6.45) is 1.26. The van der Waals surface area contributed by atoms with Gasteiger partial charge in [-0.2, -0.15) is 5.26 Å². The van der Waals surface area contributed by atoms with Crippen LogP contribution in [0.15, 0.2) is 59.1 Å². The summed E-state index contributed by atoms with van der Waals surface area (Å²) in [4.78, 5) is 26.0. The highest BCUT2D eigenvalue weighted by Crippen LogP contribution is 2.49. The Labute approximate surface area is 195 Å². The minimum Gasteiger partial charge on any atom is -0.504 e. The number of nitro benzene ring substituents is 1. The molecule has 0 fully saturated rings. The Morgan fingerprint density at radius 2 is 1.97 bits per heavy atom. The molecule has 1 aliphatic heterocycles. The molecule has 0 bridgehead atoms. The van der Waals surface area contributed by atoms with Gasteiger partial charge in [0.15, 0.2) is 17.3 Å². The zero-order valence-corrected chi connectivity index (χ0v) is 18.6. The van der Waals surface area contributed by atoms with Crippen molar-refractivity contribution in [3.05, 3.63) is 74.7 Å². The fourth-order valence-corrected chi connectivity index (χ4v) is 4.53. The number of nitro groups is 1. The van der Waals surface area contributed by atoms with Gasteiger partial charge in [-0.3, -0.25) is 19.8 Å². The van der Waals surface area contributed by atoms with Crippen molar-refractivity contribution in [1.29, 1.82) is 5.26 Å². The van der Waals surface area contributed by atoms with Crippen LogP contribution in [0.5, 0.6) is 17.2 Å². The number of anilines is 1. The Kier molecular flexibility index (Phi) is 5.86. The van der Waals surface area contributed by atoms with E-state index in [0.717, 1.165) is 0 Å². The molecule has 4 rings (SSSR count). The van der Waals surface area contributed by atoms with Crippen LogP contribution in [0.3, 0.4) is 0 Å². The number of phenols is 1. The highest BCUT2D eigenvalue weighted by molar-refractivity contribution is 6.01. The number of carbonyl (C=O) groups is 1. The van der Waals surface area contributed by atoms with Crippen LogP contribution in [-0.4, -0.2) is 30.0 Å². The minimum atomic E-state index is -0.796. The Hall–Kier alpha value is -4.52. The number of benzene rings is 2. The Morgan fingerprint density at radius 1 is 1.21 bits per heavy atom. The number of hydrogen-bond donors (Lipinski definition) is 2. The van der Waals surface area contributed by atoms with Gasteiger partial charge in [-0.15, -0.1) is 0 Å². The number of aromatic hydroxyl groups is 1. The lowest BCUT2D eigenvalue weighted by atomic mass is 9.75. The molecule has 2 aromatic carbocycles. The average Bonchev–Trinajstić information content (AvgIpc) is 2.83. The zero-order valence-electron chi connectivity index (χ0n) is 18.6. The van der Waals surface area contributed by atoms with Crippen molar-refractivity contribution in [3.8, 4) is 23.3 Å². The molecule has 0 saturated carbocycles. The van der Waals surface area contributed by atoms with E-state index in [2.05, 4.69) is 6.07 Å². The summed E-state index contributed by atoms with van der Waals surface area (Å²) in [6, 6.07) is 11.0. The Balaban J connectivity index is 2.00. The van der Waals surface area contributed by atoms with E-state index in [4.69, 9.17) is 15.2 Å². The molecular formula is C24H22N4O6. The maximum absolute atomic E-state index is 13.2. The number of methoxy groups -OCH3 is 2. The quantitative estimate of drug-likeness (QED) is 0.501. The van der Waals surface area contributed by atoms with Gasteiger partial charge in [-0.25, -0.2) is 0 Å². The molecule has 2 aromatic rings. The topological polar surface area (TPSA) is 152 Å². The van der Waals surface area contributed by atoms with Crippen molar-refractivity contribution in [2.75, 3.05) is 19.1 Å². The molecule has 10 nitrogen and oxygen atoms in total. The number of phenolic OH excluding ortho intramolecular Hbond substituents is 1. The molecule has 1 unspecified atom stereocenters. The van der Waals surface area contributed by atoms with Crippen molar-refractivity contribution in [1.82, 2.24) is 0 Å². The number of ketones is 1. The Bertz CT molecular complexity index is 1310. The second-order valence-electron chi connectivity index (χ2n) is 7.86. The van der Waals surface area contributed by atoms with Crippen LogP contribution in [0.4, 0.5) is 11.4 Å². The van der Waals surface area contributed by atoms with Crippen molar-refractivity contribution in [2.45, 2.75) is 25.2 Å². The van der Waals surface area contributed by atoms with Gasteiger partial charge in [0.2, 0.25) is 0 Å². The lowest BCUT2D eigenvalue weighted by Gasteiger charge is -2.39. The van der Waals surface area contributed by atoms with E-state index in [9.17, 15) is 25.3 Å². The van der Waals surface area contributed by atoms with Crippen molar-refractivity contribution in [2.24, 2.45) is 5.73 Å². The summed E-state index contributed by atoms with van der Waals surface area (Å²) in [6.45, 7) is 0.